The van der Waals surface area contributed by atoms with Crippen LogP contribution in [0.2, 0.25) is 10.0 Å². The van der Waals surface area contributed by atoms with E-state index in [0.29, 0.717) is 16.3 Å². The molecule has 0 aliphatic carbocycles. The average molecular weight is 544 g/mol. The number of anilines is 1. The van der Waals surface area contributed by atoms with E-state index >= 15 is 0 Å². The van der Waals surface area contributed by atoms with Crippen molar-refractivity contribution in [1.82, 2.24) is 10.2 Å². The third kappa shape index (κ3) is 5.59. The van der Waals surface area contributed by atoms with Crippen molar-refractivity contribution in [3.05, 3.63) is 107 Å². The first kappa shape index (κ1) is 25.4. The van der Waals surface area contributed by atoms with Crippen molar-refractivity contribution in [3.8, 4) is 11.5 Å². The third-order valence-corrected chi connectivity index (χ3v) is 7.34. The number of aromatic nitrogens is 2. The molecule has 0 radical (unpaired) electrons. The maximum atomic E-state index is 13.4. The van der Waals surface area contributed by atoms with Crippen molar-refractivity contribution in [2.24, 2.45) is 0 Å². The fourth-order valence-corrected chi connectivity index (χ4v) is 5.01. The van der Waals surface area contributed by atoms with Gasteiger partial charge < -0.3 is 9.15 Å². The molecule has 0 atom stereocenters. The molecule has 0 bridgehead atoms. The van der Waals surface area contributed by atoms with Crippen LogP contribution in [-0.4, -0.2) is 31.1 Å². The minimum atomic E-state index is -4.08. The van der Waals surface area contributed by atoms with E-state index in [0.717, 1.165) is 10.4 Å². The zero-order valence-electron chi connectivity index (χ0n) is 18.7. The first-order chi connectivity index (χ1) is 17.3. The largest absolute Gasteiger partial charge is 0.452 e. The van der Waals surface area contributed by atoms with Gasteiger partial charge in [-0.2, -0.15) is 0 Å². The number of halogens is 2. The highest BCUT2D eigenvalue weighted by molar-refractivity contribution is 7.92. The van der Waals surface area contributed by atoms with E-state index in [1.54, 1.807) is 36.4 Å². The predicted molar refractivity (Wildman–Crippen MR) is 136 cm³/mol. The summed E-state index contributed by atoms with van der Waals surface area (Å²) < 4.78 is 38.8. The highest BCUT2D eigenvalue weighted by Crippen LogP contribution is 2.28. The van der Waals surface area contributed by atoms with Crippen LogP contribution in [-0.2, 0) is 21.4 Å². The minimum absolute atomic E-state index is 0.00666. The van der Waals surface area contributed by atoms with Crippen molar-refractivity contribution in [2.45, 2.75) is 11.5 Å². The topological polar surface area (TPSA) is 103 Å². The maximum Gasteiger partial charge on any atom is 0.340 e. The zero-order valence-corrected chi connectivity index (χ0v) is 21.0. The Labute approximate surface area is 217 Å². The van der Waals surface area contributed by atoms with Gasteiger partial charge in [0.25, 0.3) is 15.9 Å². The number of benzene rings is 3. The quantitative estimate of drug-likeness (QED) is 0.194. The summed E-state index contributed by atoms with van der Waals surface area (Å²) in [6, 6.07) is 19.2. The molecule has 0 saturated heterocycles. The number of sulfonamides is 1. The van der Waals surface area contributed by atoms with Crippen molar-refractivity contribution < 1.29 is 22.4 Å². The van der Waals surface area contributed by atoms with E-state index in [1.807, 2.05) is 18.2 Å². The first-order valence-electron chi connectivity index (χ1n) is 10.5. The van der Waals surface area contributed by atoms with Crippen LogP contribution in [0, 0.1) is 0 Å². The van der Waals surface area contributed by atoms with Crippen LogP contribution in [0.4, 0.5) is 5.69 Å². The fourth-order valence-electron chi connectivity index (χ4n) is 3.23. The molecule has 0 fully saturated rings. The molecule has 4 rings (SSSR count). The molecule has 8 nitrogen and oxygen atoms in total. The molecule has 0 aliphatic rings. The average Bonchev–Trinajstić information content (AvgIpc) is 3.36. The Bertz CT molecular complexity index is 1490. The molecular weight excluding hydrogens is 525 g/mol. The molecule has 0 spiro atoms. The standard InChI is InChI=1S/C25H19Cl2N3O5S/c1-2-14-30(19-10-8-18(26)9-11-19)36(32,33)20-12-13-22(27)21(15-20)25(31)34-16-23-28-29-24(35-23)17-6-4-3-5-7-17/h2-13,15H,1,14,16H2. The van der Waals surface area contributed by atoms with Crippen LogP contribution in [0.1, 0.15) is 16.2 Å². The second-order valence-corrected chi connectivity index (χ2v) is 10.1. The van der Waals surface area contributed by atoms with Gasteiger partial charge in [0.2, 0.25) is 5.89 Å². The van der Waals surface area contributed by atoms with Crippen molar-refractivity contribution in [3.63, 3.8) is 0 Å². The van der Waals surface area contributed by atoms with Crippen LogP contribution in [0.3, 0.4) is 0 Å². The number of nitrogens with zero attached hydrogens (tertiary/aromatic N) is 3. The van der Waals surface area contributed by atoms with Gasteiger partial charge in [0.1, 0.15) is 0 Å². The van der Waals surface area contributed by atoms with Crippen LogP contribution < -0.4 is 4.31 Å². The molecule has 1 heterocycles. The Morgan fingerprint density at radius 2 is 1.75 bits per heavy atom. The van der Waals surface area contributed by atoms with Gasteiger partial charge in [-0.1, -0.05) is 47.5 Å². The smallest absolute Gasteiger partial charge is 0.340 e. The zero-order chi connectivity index (χ0) is 25.7. The normalized spacial score (nSPS) is 11.2. The molecule has 0 amide bonds. The highest BCUT2D eigenvalue weighted by atomic mass is 35.5. The second kappa shape index (κ2) is 10.9. The summed E-state index contributed by atoms with van der Waals surface area (Å²) in [5.74, 6) is -0.502. The monoisotopic (exact) mass is 543 g/mol. The Kier molecular flexibility index (Phi) is 7.73. The van der Waals surface area contributed by atoms with Crippen LogP contribution in [0.5, 0.6) is 0 Å². The Hall–Kier alpha value is -3.66. The van der Waals surface area contributed by atoms with E-state index in [1.165, 1.54) is 18.2 Å². The molecule has 4 aromatic rings. The number of esters is 1. The number of hydrogen-bond donors (Lipinski definition) is 0. The lowest BCUT2D eigenvalue weighted by Crippen LogP contribution is -2.31. The van der Waals surface area contributed by atoms with E-state index in [-0.39, 0.29) is 40.4 Å². The molecule has 1 aromatic heterocycles. The lowest BCUT2D eigenvalue weighted by molar-refractivity contribution is 0.0438. The van der Waals surface area contributed by atoms with Crippen LogP contribution >= 0.6 is 23.2 Å². The fraction of sp³-hybridized carbons (Fsp3) is 0.0800. The number of hydrogen-bond acceptors (Lipinski definition) is 7. The van der Waals surface area contributed by atoms with E-state index < -0.39 is 16.0 Å². The number of carbonyl (C=O) groups excluding carboxylic acids is 1. The predicted octanol–water partition coefficient (Wildman–Crippen LogP) is 5.78. The Morgan fingerprint density at radius 3 is 2.44 bits per heavy atom. The Morgan fingerprint density at radius 1 is 1.03 bits per heavy atom. The highest BCUT2D eigenvalue weighted by Gasteiger charge is 2.26. The summed E-state index contributed by atoms with van der Waals surface area (Å²) in [4.78, 5) is 12.6. The van der Waals surface area contributed by atoms with Gasteiger partial charge in [-0.15, -0.1) is 16.8 Å². The van der Waals surface area contributed by atoms with Gasteiger partial charge in [-0.05, 0) is 54.6 Å². The van der Waals surface area contributed by atoms with Crippen molar-refractivity contribution in [1.29, 1.82) is 0 Å². The van der Waals surface area contributed by atoms with Crippen LogP contribution in [0.25, 0.3) is 11.5 Å². The first-order valence-corrected chi connectivity index (χ1v) is 12.7. The molecule has 11 heteroatoms. The molecule has 3 aromatic carbocycles. The molecule has 0 aliphatic heterocycles. The lowest BCUT2D eigenvalue weighted by atomic mass is 10.2. The van der Waals surface area contributed by atoms with Crippen molar-refractivity contribution >= 4 is 44.9 Å². The SMILES string of the molecule is C=CCN(c1ccc(Cl)cc1)S(=O)(=O)c1ccc(Cl)c(C(=O)OCc2nnc(-c3ccccc3)o2)c1. The van der Waals surface area contributed by atoms with Gasteiger partial charge in [0, 0.05) is 10.6 Å². The van der Waals surface area contributed by atoms with Gasteiger partial charge in [0.05, 0.1) is 27.7 Å². The molecule has 36 heavy (non-hydrogen) atoms. The van der Waals surface area contributed by atoms with Gasteiger partial charge >= 0.3 is 5.97 Å². The second-order valence-electron chi connectivity index (χ2n) is 7.39. The van der Waals surface area contributed by atoms with Crippen LogP contribution in [0.15, 0.2) is 94.8 Å². The minimum Gasteiger partial charge on any atom is -0.452 e. The number of carbonyl (C=O) groups is 1. The summed E-state index contributed by atoms with van der Waals surface area (Å²) in [5, 5.41) is 8.30. The van der Waals surface area contributed by atoms with Gasteiger partial charge in [-0.3, -0.25) is 4.31 Å². The molecule has 0 N–H and O–H groups in total. The number of ether oxygens (including phenoxy) is 1. The number of rotatable bonds is 9. The van der Waals surface area contributed by atoms with E-state index in [9.17, 15) is 13.2 Å². The summed E-state index contributed by atoms with van der Waals surface area (Å²) in [7, 11) is -4.08. The van der Waals surface area contributed by atoms with E-state index in [4.69, 9.17) is 32.4 Å². The summed E-state index contributed by atoms with van der Waals surface area (Å²) >= 11 is 12.1. The molecule has 0 saturated carbocycles. The maximum absolute atomic E-state index is 13.4. The summed E-state index contributed by atoms with van der Waals surface area (Å²) in [6.07, 6.45) is 1.45. The summed E-state index contributed by atoms with van der Waals surface area (Å²) in [6.45, 7) is 3.31. The molecule has 184 valence electrons. The lowest BCUT2D eigenvalue weighted by Gasteiger charge is -2.23. The van der Waals surface area contributed by atoms with E-state index in [2.05, 4.69) is 16.8 Å². The summed E-state index contributed by atoms with van der Waals surface area (Å²) in [5.41, 5.74) is 0.965. The molecular formula is C25H19Cl2N3O5S. The van der Waals surface area contributed by atoms with Gasteiger partial charge in [0.15, 0.2) is 6.61 Å². The third-order valence-electron chi connectivity index (χ3n) is 4.97. The van der Waals surface area contributed by atoms with Crippen molar-refractivity contribution in [2.75, 3.05) is 10.8 Å². The molecule has 0 unspecified atom stereocenters. The Balaban J connectivity index is 1.55. The van der Waals surface area contributed by atoms with Gasteiger partial charge in [-0.25, -0.2) is 13.2 Å².